The van der Waals surface area contributed by atoms with Crippen LogP contribution in [-0.2, 0) is 0 Å². The lowest BCUT2D eigenvalue weighted by atomic mass is 10.0. The molecule has 0 radical (unpaired) electrons. The van der Waals surface area contributed by atoms with Crippen LogP contribution < -0.4 is 10.1 Å². The van der Waals surface area contributed by atoms with Crippen molar-refractivity contribution in [2.45, 2.75) is 31.3 Å². The Kier molecular flexibility index (Phi) is 3.29. The van der Waals surface area contributed by atoms with E-state index in [1.165, 1.54) is 0 Å². The maximum atomic E-state index is 10.1. The number of aliphatic hydroxyl groups is 1. The van der Waals surface area contributed by atoms with Crippen molar-refractivity contribution in [3.05, 3.63) is 18.3 Å². The Morgan fingerprint density at radius 1 is 1.44 bits per heavy atom. The van der Waals surface area contributed by atoms with Crippen molar-refractivity contribution in [2.24, 2.45) is 0 Å². The number of hydrogen-bond acceptors (Lipinski definition) is 4. The molecular formula is C12H18N2O2. The smallest absolute Gasteiger partial charge is 0.213 e. The summed E-state index contributed by atoms with van der Waals surface area (Å²) in [4.78, 5) is 4.10. The zero-order valence-corrected chi connectivity index (χ0v) is 9.57. The second kappa shape index (κ2) is 4.70. The Morgan fingerprint density at radius 2 is 2.19 bits per heavy atom. The lowest BCUT2D eigenvalue weighted by molar-refractivity contribution is 0.0615. The van der Waals surface area contributed by atoms with Crippen LogP contribution in [0, 0.1) is 0 Å². The van der Waals surface area contributed by atoms with Gasteiger partial charge in [-0.25, -0.2) is 4.98 Å². The van der Waals surface area contributed by atoms with Gasteiger partial charge in [-0.3, -0.25) is 0 Å². The molecule has 4 heteroatoms. The Hall–Kier alpha value is -1.29. The minimum absolute atomic E-state index is 0.528. The summed E-state index contributed by atoms with van der Waals surface area (Å²) >= 11 is 0. The van der Waals surface area contributed by atoms with Gasteiger partial charge in [0, 0.05) is 12.6 Å². The predicted octanol–water partition coefficient (Wildman–Crippen LogP) is 1.81. The van der Waals surface area contributed by atoms with Gasteiger partial charge in [0.15, 0.2) is 0 Å². The minimum Gasteiger partial charge on any atom is -0.481 e. The highest BCUT2D eigenvalue weighted by atomic mass is 16.5. The van der Waals surface area contributed by atoms with Crippen LogP contribution >= 0.6 is 0 Å². The topological polar surface area (TPSA) is 54.4 Å². The highest BCUT2D eigenvalue weighted by Crippen LogP contribution is 2.29. The molecule has 1 saturated carbocycles. The molecule has 1 heterocycles. The molecule has 0 aromatic carbocycles. The first kappa shape index (κ1) is 11.2. The van der Waals surface area contributed by atoms with Gasteiger partial charge >= 0.3 is 0 Å². The molecule has 0 atom stereocenters. The van der Waals surface area contributed by atoms with E-state index in [-0.39, 0.29) is 0 Å². The summed E-state index contributed by atoms with van der Waals surface area (Å²) in [6.45, 7) is 0.598. The molecule has 0 amide bonds. The van der Waals surface area contributed by atoms with Crippen LogP contribution in [0.4, 0.5) is 5.69 Å². The third-order valence-corrected chi connectivity index (χ3v) is 3.10. The van der Waals surface area contributed by atoms with Crippen LogP contribution in [0.15, 0.2) is 18.3 Å². The lowest BCUT2D eigenvalue weighted by Gasteiger charge is -2.22. The number of hydrogen-bond donors (Lipinski definition) is 2. The van der Waals surface area contributed by atoms with Crippen molar-refractivity contribution in [1.29, 1.82) is 0 Å². The first-order chi connectivity index (χ1) is 7.72. The molecule has 2 N–H and O–H groups in total. The summed E-state index contributed by atoms with van der Waals surface area (Å²) in [5.41, 5.74) is 0.390. The van der Waals surface area contributed by atoms with Crippen LogP contribution in [0.2, 0.25) is 0 Å². The van der Waals surface area contributed by atoms with Gasteiger partial charge in [0.05, 0.1) is 24.6 Å². The SMILES string of the molecule is COc1ccc(NCC2(O)CCCC2)cn1. The average Bonchev–Trinajstić information content (AvgIpc) is 2.75. The van der Waals surface area contributed by atoms with Gasteiger partial charge in [0.2, 0.25) is 5.88 Å². The standard InChI is InChI=1S/C12H18N2O2/c1-16-11-5-4-10(8-13-11)14-9-12(15)6-2-3-7-12/h4-5,8,14-15H,2-3,6-7,9H2,1H3. The van der Waals surface area contributed by atoms with Crippen molar-refractivity contribution < 1.29 is 9.84 Å². The van der Waals surface area contributed by atoms with E-state index in [0.29, 0.717) is 12.4 Å². The molecule has 0 saturated heterocycles. The fourth-order valence-electron chi connectivity index (χ4n) is 2.08. The predicted molar refractivity (Wildman–Crippen MR) is 62.7 cm³/mol. The summed E-state index contributed by atoms with van der Waals surface area (Å²) in [5.74, 6) is 0.602. The number of nitrogens with zero attached hydrogens (tertiary/aromatic N) is 1. The Bertz CT molecular complexity index is 331. The van der Waals surface area contributed by atoms with Crippen molar-refractivity contribution >= 4 is 5.69 Å². The molecule has 0 bridgehead atoms. The van der Waals surface area contributed by atoms with Crippen LogP contribution in [0.25, 0.3) is 0 Å². The molecule has 88 valence electrons. The monoisotopic (exact) mass is 222 g/mol. The normalized spacial score (nSPS) is 18.4. The average molecular weight is 222 g/mol. The first-order valence-electron chi connectivity index (χ1n) is 5.68. The van der Waals surface area contributed by atoms with Crippen molar-refractivity contribution in [3.63, 3.8) is 0 Å². The van der Waals surface area contributed by atoms with Gasteiger partial charge in [0.25, 0.3) is 0 Å². The number of pyridine rings is 1. The molecule has 1 aromatic rings. The summed E-state index contributed by atoms with van der Waals surface area (Å²) in [6, 6.07) is 3.71. The molecular weight excluding hydrogens is 204 g/mol. The Morgan fingerprint density at radius 3 is 2.75 bits per heavy atom. The summed E-state index contributed by atoms with van der Waals surface area (Å²) in [7, 11) is 1.59. The lowest BCUT2D eigenvalue weighted by Crippen LogP contribution is -2.33. The van der Waals surface area contributed by atoms with Crippen molar-refractivity contribution in [2.75, 3.05) is 19.0 Å². The molecule has 1 aromatic heterocycles. The van der Waals surface area contributed by atoms with Crippen LogP contribution in [0.3, 0.4) is 0 Å². The highest BCUT2D eigenvalue weighted by molar-refractivity contribution is 5.42. The molecule has 1 aliphatic carbocycles. The van der Waals surface area contributed by atoms with Gasteiger partial charge < -0.3 is 15.2 Å². The zero-order chi connectivity index (χ0) is 11.4. The first-order valence-corrected chi connectivity index (χ1v) is 5.68. The van der Waals surface area contributed by atoms with Gasteiger partial charge in [-0.1, -0.05) is 12.8 Å². The number of ether oxygens (including phenoxy) is 1. The number of aromatic nitrogens is 1. The third-order valence-electron chi connectivity index (χ3n) is 3.10. The van der Waals surface area contributed by atoms with Crippen LogP contribution in [0.1, 0.15) is 25.7 Å². The van der Waals surface area contributed by atoms with Gasteiger partial charge in [-0.15, -0.1) is 0 Å². The Labute approximate surface area is 95.7 Å². The largest absolute Gasteiger partial charge is 0.481 e. The van der Waals surface area contributed by atoms with Gasteiger partial charge in [-0.2, -0.15) is 0 Å². The molecule has 0 spiro atoms. The van der Waals surface area contributed by atoms with Crippen LogP contribution in [0.5, 0.6) is 5.88 Å². The number of methoxy groups -OCH3 is 1. The Balaban J connectivity index is 1.89. The molecule has 1 aliphatic rings. The molecule has 0 aliphatic heterocycles. The molecule has 4 nitrogen and oxygen atoms in total. The van der Waals surface area contributed by atoms with E-state index < -0.39 is 5.60 Å². The zero-order valence-electron chi connectivity index (χ0n) is 9.57. The van der Waals surface area contributed by atoms with Gasteiger partial charge in [0.1, 0.15) is 0 Å². The van der Waals surface area contributed by atoms with E-state index >= 15 is 0 Å². The van der Waals surface area contributed by atoms with E-state index in [0.717, 1.165) is 31.4 Å². The van der Waals surface area contributed by atoms with Crippen molar-refractivity contribution in [1.82, 2.24) is 4.98 Å². The second-order valence-electron chi connectivity index (χ2n) is 4.37. The maximum Gasteiger partial charge on any atom is 0.213 e. The maximum absolute atomic E-state index is 10.1. The van der Waals surface area contributed by atoms with Gasteiger partial charge in [-0.05, 0) is 18.9 Å². The van der Waals surface area contributed by atoms with E-state index in [1.54, 1.807) is 19.4 Å². The molecule has 0 unspecified atom stereocenters. The second-order valence-corrected chi connectivity index (χ2v) is 4.37. The number of rotatable bonds is 4. The molecule has 16 heavy (non-hydrogen) atoms. The summed E-state index contributed by atoms with van der Waals surface area (Å²) < 4.78 is 4.98. The van der Waals surface area contributed by atoms with E-state index in [1.807, 2.05) is 6.07 Å². The summed E-state index contributed by atoms with van der Waals surface area (Å²) in [6.07, 6.45) is 5.75. The van der Waals surface area contributed by atoms with Crippen molar-refractivity contribution in [3.8, 4) is 5.88 Å². The molecule has 2 rings (SSSR count). The quantitative estimate of drug-likeness (QED) is 0.815. The number of nitrogens with one attached hydrogen (secondary N) is 1. The molecule has 1 fully saturated rings. The fraction of sp³-hybridized carbons (Fsp3) is 0.583. The summed E-state index contributed by atoms with van der Waals surface area (Å²) in [5, 5.41) is 13.4. The third kappa shape index (κ3) is 2.64. The van der Waals surface area contributed by atoms with E-state index in [9.17, 15) is 5.11 Å². The minimum atomic E-state index is -0.528. The van der Waals surface area contributed by atoms with E-state index in [2.05, 4.69) is 10.3 Å². The number of anilines is 1. The highest BCUT2D eigenvalue weighted by Gasteiger charge is 2.30. The van der Waals surface area contributed by atoms with Crippen LogP contribution in [-0.4, -0.2) is 29.3 Å². The fourth-order valence-corrected chi connectivity index (χ4v) is 2.08. The van der Waals surface area contributed by atoms with E-state index in [4.69, 9.17) is 4.74 Å².